The fourth-order valence-electron chi connectivity index (χ4n) is 2.75. The Hall–Kier alpha value is -0.610. The summed E-state index contributed by atoms with van der Waals surface area (Å²) < 4.78 is 5.38. The minimum Gasteiger partial charge on any atom is -0.381 e. The van der Waals surface area contributed by atoms with Gasteiger partial charge in [0, 0.05) is 19.7 Å². The third-order valence-corrected chi connectivity index (χ3v) is 3.86. The van der Waals surface area contributed by atoms with Crippen LogP contribution in [-0.4, -0.2) is 32.2 Å². The van der Waals surface area contributed by atoms with Gasteiger partial charge in [-0.15, -0.1) is 0 Å². The fraction of sp³-hybridized carbons (Fsp3) is 0.900. The van der Waals surface area contributed by atoms with Gasteiger partial charge in [0.25, 0.3) is 0 Å². The molecule has 0 spiro atoms. The highest BCUT2D eigenvalue weighted by Crippen LogP contribution is 2.42. The van der Waals surface area contributed by atoms with E-state index in [0.717, 1.165) is 32.7 Å². The van der Waals surface area contributed by atoms with Gasteiger partial charge in [-0.25, -0.2) is 0 Å². The van der Waals surface area contributed by atoms with E-state index < -0.39 is 0 Å². The molecular formula is C10H18N2O2. The molecule has 2 aliphatic heterocycles. The lowest BCUT2D eigenvalue weighted by Crippen LogP contribution is -2.42. The molecule has 3 N–H and O–H groups in total. The van der Waals surface area contributed by atoms with Gasteiger partial charge in [0.1, 0.15) is 0 Å². The first-order valence-corrected chi connectivity index (χ1v) is 5.22. The summed E-state index contributed by atoms with van der Waals surface area (Å²) in [6, 6.07) is 0. The van der Waals surface area contributed by atoms with E-state index in [1.807, 2.05) is 0 Å². The maximum absolute atomic E-state index is 11.3. The van der Waals surface area contributed by atoms with Crippen molar-refractivity contribution >= 4 is 5.91 Å². The van der Waals surface area contributed by atoms with E-state index in [4.69, 9.17) is 10.5 Å². The number of carbonyl (C=O) groups is 1. The number of rotatable bonds is 2. The average Bonchev–Trinajstić information content (AvgIpc) is 2.71. The SMILES string of the molecule is CC1(C2CCOC2)CNCC1C(N)=O. The van der Waals surface area contributed by atoms with Crippen LogP contribution in [0.2, 0.25) is 0 Å². The minimum absolute atomic E-state index is 0.00231. The number of nitrogens with one attached hydrogen (secondary N) is 1. The molecule has 3 unspecified atom stereocenters. The monoisotopic (exact) mass is 198 g/mol. The lowest BCUT2D eigenvalue weighted by molar-refractivity contribution is -0.125. The van der Waals surface area contributed by atoms with Crippen molar-refractivity contribution < 1.29 is 9.53 Å². The summed E-state index contributed by atoms with van der Waals surface area (Å²) in [7, 11) is 0. The number of ether oxygens (including phenoxy) is 1. The zero-order chi connectivity index (χ0) is 10.2. The molecule has 2 aliphatic rings. The van der Waals surface area contributed by atoms with Crippen molar-refractivity contribution in [3.8, 4) is 0 Å². The maximum atomic E-state index is 11.3. The van der Waals surface area contributed by atoms with Gasteiger partial charge >= 0.3 is 0 Å². The van der Waals surface area contributed by atoms with Crippen molar-refractivity contribution in [3.05, 3.63) is 0 Å². The number of nitrogens with two attached hydrogens (primary N) is 1. The Morgan fingerprint density at radius 2 is 2.43 bits per heavy atom. The van der Waals surface area contributed by atoms with Crippen LogP contribution in [0.3, 0.4) is 0 Å². The van der Waals surface area contributed by atoms with Gasteiger partial charge in [0.05, 0.1) is 12.5 Å². The second-order valence-corrected chi connectivity index (χ2v) is 4.65. The van der Waals surface area contributed by atoms with Gasteiger partial charge in [-0.2, -0.15) is 0 Å². The van der Waals surface area contributed by atoms with Gasteiger partial charge in [0.2, 0.25) is 5.91 Å². The molecular weight excluding hydrogens is 180 g/mol. The molecule has 0 aromatic rings. The summed E-state index contributed by atoms with van der Waals surface area (Å²) in [5.41, 5.74) is 5.42. The lowest BCUT2D eigenvalue weighted by Gasteiger charge is -2.33. The molecule has 0 saturated carbocycles. The second-order valence-electron chi connectivity index (χ2n) is 4.65. The smallest absolute Gasteiger partial charge is 0.222 e. The summed E-state index contributed by atoms with van der Waals surface area (Å²) >= 11 is 0. The standard InChI is InChI=1S/C10H18N2O2/c1-10(7-2-3-14-5-7)6-12-4-8(10)9(11)13/h7-8,12H,2-6H2,1H3,(H2,11,13). The zero-order valence-electron chi connectivity index (χ0n) is 8.58. The molecule has 14 heavy (non-hydrogen) atoms. The Morgan fingerprint density at radius 1 is 1.64 bits per heavy atom. The summed E-state index contributed by atoms with van der Waals surface area (Å²) in [5.74, 6) is 0.272. The second kappa shape index (κ2) is 3.51. The first-order valence-electron chi connectivity index (χ1n) is 5.22. The zero-order valence-corrected chi connectivity index (χ0v) is 8.58. The van der Waals surface area contributed by atoms with Crippen LogP contribution >= 0.6 is 0 Å². The van der Waals surface area contributed by atoms with E-state index in [1.54, 1.807) is 0 Å². The van der Waals surface area contributed by atoms with Gasteiger partial charge in [-0.3, -0.25) is 4.79 Å². The fourth-order valence-corrected chi connectivity index (χ4v) is 2.75. The molecule has 0 aromatic carbocycles. The van der Waals surface area contributed by atoms with Crippen LogP contribution in [0.15, 0.2) is 0 Å². The first kappa shape index (κ1) is 9.93. The van der Waals surface area contributed by atoms with Crippen LogP contribution in [0, 0.1) is 17.3 Å². The van der Waals surface area contributed by atoms with Crippen LogP contribution in [0.1, 0.15) is 13.3 Å². The Morgan fingerprint density at radius 3 is 3.00 bits per heavy atom. The summed E-state index contributed by atoms with van der Waals surface area (Å²) in [6.07, 6.45) is 1.06. The molecule has 80 valence electrons. The van der Waals surface area contributed by atoms with E-state index in [-0.39, 0.29) is 17.2 Å². The summed E-state index contributed by atoms with van der Waals surface area (Å²) in [5, 5.41) is 3.26. The molecule has 0 aliphatic carbocycles. The average molecular weight is 198 g/mol. The van der Waals surface area contributed by atoms with Crippen molar-refractivity contribution in [2.45, 2.75) is 13.3 Å². The molecule has 2 saturated heterocycles. The van der Waals surface area contributed by atoms with Crippen LogP contribution < -0.4 is 11.1 Å². The molecule has 4 nitrogen and oxygen atoms in total. The number of hydrogen-bond donors (Lipinski definition) is 2. The Balaban J connectivity index is 2.15. The van der Waals surface area contributed by atoms with Crippen molar-refractivity contribution in [3.63, 3.8) is 0 Å². The van der Waals surface area contributed by atoms with E-state index in [0.29, 0.717) is 5.92 Å². The largest absolute Gasteiger partial charge is 0.381 e. The third-order valence-electron chi connectivity index (χ3n) is 3.86. The van der Waals surface area contributed by atoms with Crippen LogP contribution in [0.25, 0.3) is 0 Å². The van der Waals surface area contributed by atoms with E-state index in [1.165, 1.54) is 0 Å². The van der Waals surface area contributed by atoms with Crippen molar-refractivity contribution in [1.29, 1.82) is 0 Å². The number of primary amides is 1. The van der Waals surface area contributed by atoms with E-state index in [2.05, 4.69) is 12.2 Å². The molecule has 0 radical (unpaired) electrons. The molecule has 2 heterocycles. The number of carbonyl (C=O) groups excluding carboxylic acids is 1. The van der Waals surface area contributed by atoms with Crippen LogP contribution in [0.5, 0.6) is 0 Å². The van der Waals surface area contributed by atoms with E-state index >= 15 is 0 Å². The van der Waals surface area contributed by atoms with Gasteiger partial charge in [-0.05, 0) is 17.8 Å². The highest BCUT2D eigenvalue weighted by molar-refractivity contribution is 5.78. The predicted molar refractivity (Wildman–Crippen MR) is 52.6 cm³/mol. The minimum atomic E-state index is -0.176. The van der Waals surface area contributed by atoms with E-state index in [9.17, 15) is 4.79 Å². The molecule has 2 rings (SSSR count). The van der Waals surface area contributed by atoms with Crippen LogP contribution in [0.4, 0.5) is 0 Å². The Bertz CT molecular complexity index is 238. The molecule has 0 aromatic heterocycles. The highest BCUT2D eigenvalue weighted by Gasteiger charge is 2.48. The van der Waals surface area contributed by atoms with Gasteiger partial charge in [0.15, 0.2) is 0 Å². The van der Waals surface area contributed by atoms with Crippen LogP contribution in [-0.2, 0) is 9.53 Å². The maximum Gasteiger partial charge on any atom is 0.222 e. The number of amides is 1. The molecule has 4 heteroatoms. The molecule has 0 bridgehead atoms. The molecule has 1 amide bonds. The summed E-state index contributed by atoms with van der Waals surface area (Å²) in [4.78, 5) is 11.3. The normalized spacial score (nSPS) is 42.9. The lowest BCUT2D eigenvalue weighted by atomic mass is 9.69. The molecule has 2 fully saturated rings. The number of hydrogen-bond acceptors (Lipinski definition) is 3. The van der Waals surface area contributed by atoms with Crippen molar-refractivity contribution in [2.24, 2.45) is 23.0 Å². The van der Waals surface area contributed by atoms with Crippen molar-refractivity contribution in [1.82, 2.24) is 5.32 Å². The Labute approximate surface area is 84.2 Å². The highest BCUT2D eigenvalue weighted by atomic mass is 16.5. The third kappa shape index (κ3) is 1.42. The topological polar surface area (TPSA) is 64.3 Å². The van der Waals surface area contributed by atoms with Gasteiger partial charge in [-0.1, -0.05) is 6.92 Å². The molecule has 3 atom stereocenters. The predicted octanol–water partition coefficient (Wildman–Crippen LogP) is -0.266. The first-order chi connectivity index (χ1) is 6.64. The van der Waals surface area contributed by atoms with Gasteiger partial charge < -0.3 is 15.8 Å². The quantitative estimate of drug-likeness (QED) is 0.642. The summed E-state index contributed by atoms with van der Waals surface area (Å²) in [6.45, 7) is 5.37. The van der Waals surface area contributed by atoms with Crippen molar-refractivity contribution in [2.75, 3.05) is 26.3 Å². The Kier molecular flexibility index (Phi) is 2.49.